The average molecular weight is 332 g/mol. The number of rotatable bonds is 5. The normalized spacial score (nSPS) is 14.4. The van der Waals surface area contributed by atoms with Crippen molar-refractivity contribution in [3.63, 3.8) is 0 Å². The molecule has 1 aromatic carbocycles. The van der Waals surface area contributed by atoms with Crippen molar-refractivity contribution < 1.29 is 4.79 Å². The smallest absolute Gasteiger partial charge is 0.242 e. The lowest BCUT2D eigenvalue weighted by molar-refractivity contribution is -0.129. The van der Waals surface area contributed by atoms with E-state index in [0.29, 0.717) is 17.6 Å². The van der Waals surface area contributed by atoms with Crippen molar-refractivity contribution in [3.05, 3.63) is 27.7 Å². The highest BCUT2D eigenvalue weighted by atomic mass is 79.9. The number of nitrogens with zero attached hydrogens (tertiary/aromatic N) is 1. The summed E-state index contributed by atoms with van der Waals surface area (Å²) in [7, 11) is 0. The summed E-state index contributed by atoms with van der Waals surface area (Å²) >= 11 is 9.40. The Balaban J connectivity index is 1.94. The topological polar surface area (TPSA) is 32.3 Å². The predicted molar refractivity (Wildman–Crippen MR) is 78.1 cm³/mol. The zero-order chi connectivity index (χ0) is 13.1. The first-order chi connectivity index (χ1) is 8.63. The maximum Gasteiger partial charge on any atom is 0.242 e. The summed E-state index contributed by atoms with van der Waals surface area (Å²) in [6, 6.07) is 6.03. The number of halogens is 2. The van der Waals surface area contributed by atoms with Crippen LogP contribution in [-0.2, 0) is 4.79 Å². The molecule has 1 saturated carbocycles. The highest BCUT2D eigenvalue weighted by Crippen LogP contribution is 2.30. The van der Waals surface area contributed by atoms with Gasteiger partial charge >= 0.3 is 0 Å². The van der Waals surface area contributed by atoms with Crippen molar-refractivity contribution in [1.29, 1.82) is 0 Å². The Morgan fingerprint density at radius 2 is 2.28 bits per heavy atom. The Hall–Kier alpha value is -0.740. The van der Waals surface area contributed by atoms with E-state index in [0.717, 1.165) is 29.5 Å². The molecular weight excluding hydrogens is 316 g/mol. The van der Waals surface area contributed by atoms with Gasteiger partial charge < -0.3 is 10.2 Å². The number of carbonyl (C=O) groups excluding carboxylic acids is 1. The van der Waals surface area contributed by atoms with Gasteiger partial charge in [0.1, 0.15) is 0 Å². The van der Waals surface area contributed by atoms with Crippen molar-refractivity contribution in [2.24, 2.45) is 0 Å². The van der Waals surface area contributed by atoms with E-state index in [4.69, 9.17) is 11.6 Å². The summed E-state index contributed by atoms with van der Waals surface area (Å²) < 4.78 is 0.800. The molecule has 1 amide bonds. The first-order valence-electron chi connectivity index (χ1n) is 6.10. The lowest BCUT2D eigenvalue weighted by Gasteiger charge is -2.21. The largest absolute Gasteiger partial charge is 0.375 e. The van der Waals surface area contributed by atoms with Crippen LogP contribution in [0.25, 0.3) is 0 Å². The van der Waals surface area contributed by atoms with E-state index in [1.165, 1.54) is 0 Å². The Labute approximate surface area is 121 Å². The Morgan fingerprint density at radius 1 is 1.56 bits per heavy atom. The lowest BCUT2D eigenvalue weighted by Crippen LogP contribution is -2.37. The zero-order valence-electron chi connectivity index (χ0n) is 10.2. The Kier molecular flexibility index (Phi) is 4.51. The van der Waals surface area contributed by atoms with Crippen molar-refractivity contribution >= 4 is 39.1 Å². The van der Waals surface area contributed by atoms with Crippen LogP contribution >= 0.6 is 27.5 Å². The van der Waals surface area contributed by atoms with E-state index < -0.39 is 0 Å². The second-order valence-corrected chi connectivity index (χ2v) is 5.57. The standard InChI is InChI=1S/C13H16BrClN2O/c1-2-17(9-6-7-9)12(18)8-16-11-5-3-4-10(15)13(11)14/h3-5,9,16H,2,6-8H2,1H3. The predicted octanol–water partition coefficient (Wildman–Crippen LogP) is 3.53. The van der Waals surface area contributed by atoms with Gasteiger partial charge in [0.15, 0.2) is 0 Å². The van der Waals surface area contributed by atoms with E-state index in [2.05, 4.69) is 21.2 Å². The number of amides is 1. The third kappa shape index (κ3) is 3.18. The minimum absolute atomic E-state index is 0.145. The third-order valence-electron chi connectivity index (χ3n) is 3.03. The highest BCUT2D eigenvalue weighted by Gasteiger charge is 2.30. The van der Waals surface area contributed by atoms with E-state index in [-0.39, 0.29) is 5.91 Å². The van der Waals surface area contributed by atoms with Crippen molar-refractivity contribution in [2.45, 2.75) is 25.8 Å². The molecule has 0 aliphatic heterocycles. The summed E-state index contributed by atoms with van der Waals surface area (Å²) in [6.45, 7) is 3.11. The van der Waals surface area contributed by atoms with Gasteiger partial charge in [0.25, 0.3) is 0 Å². The molecule has 0 radical (unpaired) electrons. The lowest BCUT2D eigenvalue weighted by atomic mass is 10.3. The molecule has 0 saturated heterocycles. The van der Waals surface area contributed by atoms with Gasteiger partial charge in [0, 0.05) is 12.6 Å². The molecule has 18 heavy (non-hydrogen) atoms. The number of carbonyl (C=O) groups is 1. The SMILES string of the molecule is CCN(C(=O)CNc1cccc(Cl)c1Br)C1CC1. The first-order valence-corrected chi connectivity index (χ1v) is 7.28. The Bertz CT molecular complexity index is 449. The number of nitrogens with one attached hydrogen (secondary N) is 1. The van der Waals surface area contributed by atoms with E-state index >= 15 is 0 Å². The minimum Gasteiger partial charge on any atom is -0.375 e. The molecule has 0 aromatic heterocycles. The van der Waals surface area contributed by atoms with Gasteiger partial charge in [0.05, 0.1) is 21.7 Å². The van der Waals surface area contributed by atoms with Gasteiger partial charge in [0.2, 0.25) is 5.91 Å². The maximum absolute atomic E-state index is 12.0. The summed E-state index contributed by atoms with van der Waals surface area (Å²) in [6.07, 6.45) is 2.28. The molecule has 5 heteroatoms. The van der Waals surface area contributed by atoms with Crippen LogP contribution in [0.5, 0.6) is 0 Å². The summed E-state index contributed by atoms with van der Waals surface area (Å²) in [5.41, 5.74) is 0.850. The van der Waals surface area contributed by atoms with Crippen LogP contribution < -0.4 is 5.32 Å². The third-order valence-corrected chi connectivity index (χ3v) is 4.43. The number of anilines is 1. The molecule has 3 nitrogen and oxygen atoms in total. The average Bonchev–Trinajstić information content (AvgIpc) is 3.16. The van der Waals surface area contributed by atoms with Gasteiger partial charge in [-0.3, -0.25) is 4.79 Å². The van der Waals surface area contributed by atoms with Crippen molar-refractivity contribution in [1.82, 2.24) is 4.90 Å². The van der Waals surface area contributed by atoms with Gasteiger partial charge in [-0.05, 0) is 47.8 Å². The van der Waals surface area contributed by atoms with Crippen LogP contribution in [0.15, 0.2) is 22.7 Å². The quantitative estimate of drug-likeness (QED) is 0.895. The van der Waals surface area contributed by atoms with E-state index in [1.807, 2.05) is 24.0 Å². The van der Waals surface area contributed by atoms with Gasteiger partial charge in [-0.15, -0.1) is 0 Å². The number of hydrogen-bond acceptors (Lipinski definition) is 2. The highest BCUT2D eigenvalue weighted by molar-refractivity contribution is 9.10. The monoisotopic (exact) mass is 330 g/mol. The summed E-state index contributed by atoms with van der Waals surface area (Å²) in [5.74, 6) is 0.145. The van der Waals surface area contributed by atoms with Crippen LogP contribution in [0, 0.1) is 0 Å². The molecule has 0 atom stereocenters. The molecule has 0 bridgehead atoms. The molecule has 1 aliphatic rings. The number of hydrogen-bond donors (Lipinski definition) is 1. The molecule has 1 aromatic rings. The summed E-state index contributed by atoms with van der Waals surface area (Å²) in [5, 5.41) is 3.77. The van der Waals surface area contributed by atoms with Crippen LogP contribution in [0.1, 0.15) is 19.8 Å². The van der Waals surface area contributed by atoms with Gasteiger partial charge in [-0.2, -0.15) is 0 Å². The van der Waals surface area contributed by atoms with Gasteiger partial charge in [-0.1, -0.05) is 17.7 Å². The number of likely N-dealkylation sites (N-methyl/N-ethyl adjacent to an activating group) is 1. The first kappa shape index (κ1) is 13.7. The molecule has 1 N–H and O–H groups in total. The molecule has 2 rings (SSSR count). The maximum atomic E-state index is 12.0. The molecular formula is C13H16BrClN2O. The second-order valence-electron chi connectivity index (χ2n) is 4.37. The molecule has 0 heterocycles. The van der Waals surface area contributed by atoms with E-state index in [1.54, 1.807) is 6.07 Å². The fraction of sp³-hybridized carbons (Fsp3) is 0.462. The van der Waals surface area contributed by atoms with Crippen LogP contribution in [0.4, 0.5) is 5.69 Å². The fourth-order valence-corrected chi connectivity index (χ4v) is 2.52. The van der Waals surface area contributed by atoms with Crippen molar-refractivity contribution in [3.8, 4) is 0 Å². The molecule has 98 valence electrons. The molecule has 0 unspecified atom stereocenters. The zero-order valence-corrected chi connectivity index (χ0v) is 12.6. The second kappa shape index (κ2) is 5.93. The summed E-state index contributed by atoms with van der Waals surface area (Å²) in [4.78, 5) is 14.0. The van der Waals surface area contributed by atoms with Crippen LogP contribution in [0.2, 0.25) is 5.02 Å². The van der Waals surface area contributed by atoms with Crippen molar-refractivity contribution in [2.75, 3.05) is 18.4 Å². The minimum atomic E-state index is 0.145. The Morgan fingerprint density at radius 3 is 2.89 bits per heavy atom. The van der Waals surface area contributed by atoms with Crippen LogP contribution in [0.3, 0.4) is 0 Å². The molecule has 1 aliphatic carbocycles. The fourth-order valence-electron chi connectivity index (χ4n) is 1.94. The van der Waals surface area contributed by atoms with Gasteiger partial charge in [-0.25, -0.2) is 0 Å². The van der Waals surface area contributed by atoms with Crippen LogP contribution in [-0.4, -0.2) is 29.9 Å². The van der Waals surface area contributed by atoms with E-state index in [9.17, 15) is 4.79 Å². The number of benzene rings is 1. The molecule has 1 fully saturated rings. The molecule has 0 spiro atoms.